The number of piperidine rings is 1. The lowest BCUT2D eigenvalue weighted by molar-refractivity contribution is -0.137. The molecule has 0 N–H and O–H groups in total. The Bertz CT molecular complexity index is 1720. The van der Waals surface area contributed by atoms with Gasteiger partial charge in [0.25, 0.3) is 0 Å². The van der Waals surface area contributed by atoms with E-state index >= 15 is 0 Å². The molecule has 1 amide bonds. The van der Waals surface area contributed by atoms with Crippen molar-refractivity contribution in [3.05, 3.63) is 75.6 Å². The summed E-state index contributed by atoms with van der Waals surface area (Å²) in [6.07, 6.45) is 2.96. The summed E-state index contributed by atoms with van der Waals surface area (Å²) < 4.78 is 33.2. The zero-order chi connectivity index (χ0) is 32.0. The Balaban J connectivity index is 0.000000221. The largest absolute Gasteiger partial charge is 0.496 e. The predicted molar refractivity (Wildman–Crippen MR) is 173 cm³/mol. The van der Waals surface area contributed by atoms with Gasteiger partial charge >= 0.3 is 0 Å². The van der Waals surface area contributed by atoms with E-state index in [4.69, 9.17) is 28.4 Å². The van der Waals surface area contributed by atoms with Gasteiger partial charge < -0.3 is 33.3 Å². The lowest BCUT2D eigenvalue weighted by Gasteiger charge is -2.38. The number of aromatic nitrogens is 1. The maximum atomic E-state index is 13.1. The molecular weight excluding hydrogens is 608 g/mol. The summed E-state index contributed by atoms with van der Waals surface area (Å²) in [6.45, 7) is 4.51. The fraction of sp³-hybridized carbons (Fsp3) is 0.343. The van der Waals surface area contributed by atoms with Crippen LogP contribution in [-0.2, 0) is 11.3 Å². The molecule has 1 atom stereocenters. The van der Waals surface area contributed by atoms with Crippen LogP contribution in [-0.4, -0.2) is 62.7 Å². The number of likely N-dealkylation sites (tertiary alicyclic amines) is 1. The molecule has 4 heterocycles. The summed E-state index contributed by atoms with van der Waals surface area (Å²) in [7, 11) is 3.17. The summed E-state index contributed by atoms with van der Waals surface area (Å²) in [4.78, 5) is 30.5. The smallest absolute Gasteiger partial charge is 0.223 e. The molecule has 0 saturated carbocycles. The van der Waals surface area contributed by atoms with Gasteiger partial charge in [0.15, 0.2) is 29.3 Å². The molecule has 240 valence electrons. The lowest BCUT2D eigenvalue weighted by atomic mass is 9.92. The number of carbonyl (C=O) groups is 2. The Hall–Kier alpha value is -4.77. The molecule has 0 radical (unpaired) electrons. The second kappa shape index (κ2) is 14.1. The molecule has 0 aliphatic carbocycles. The summed E-state index contributed by atoms with van der Waals surface area (Å²) >= 11 is 1.64. The zero-order valence-corrected chi connectivity index (χ0v) is 26.9. The number of hydrogen-bond acceptors (Lipinski definition) is 10. The number of aldehydes is 1. The third kappa shape index (κ3) is 6.46. The number of thiazole rings is 1. The van der Waals surface area contributed by atoms with E-state index in [9.17, 15) is 9.59 Å². The number of fused-ring (bicyclic) bond motifs is 2. The second-order valence-corrected chi connectivity index (χ2v) is 12.0. The summed E-state index contributed by atoms with van der Waals surface area (Å²) in [5.74, 6) is 3.87. The standard InChI is InChI=1S/C25H26N2O4S.C10H10O4/c1-16-26-19(15-32-16)18-6-3-5-17(13-18)14-27-20(7-4-8-23(27)28)24-21(29-2)9-10-22-25(24)31-12-11-30-22;1-12-8-2-3-9-10(7(8)6-11)14-5-4-13-9/h3,5-6,9-10,13,15,20H,4,7-8,11-12,14H2,1-2H3;2-3,6H,4-5H2,1H3. The van der Waals surface area contributed by atoms with Crippen LogP contribution in [0.1, 0.15) is 51.8 Å². The molecule has 4 aromatic rings. The van der Waals surface area contributed by atoms with Gasteiger partial charge in [-0.1, -0.05) is 18.2 Å². The highest BCUT2D eigenvalue weighted by Gasteiger charge is 2.35. The van der Waals surface area contributed by atoms with Crippen molar-refractivity contribution in [1.82, 2.24) is 9.88 Å². The lowest BCUT2D eigenvalue weighted by Crippen LogP contribution is -2.38. The number of benzene rings is 3. The molecule has 3 aliphatic rings. The first kappa shape index (κ1) is 31.2. The Labute approximate surface area is 271 Å². The molecule has 10 nitrogen and oxygen atoms in total. The number of aryl methyl sites for hydroxylation is 1. The number of carbonyl (C=O) groups excluding carboxylic acids is 2. The molecule has 1 saturated heterocycles. The summed E-state index contributed by atoms with van der Waals surface area (Å²) in [5, 5.41) is 3.11. The fourth-order valence-corrected chi connectivity index (χ4v) is 6.58. The average Bonchev–Trinajstić information content (AvgIpc) is 3.54. The van der Waals surface area contributed by atoms with Gasteiger partial charge in [-0.15, -0.1) is 11.3 Å². The van der Waals surface area contributed by atoms with E-state index in [1.165, 1.54) is 7.11 Å². The van der Waals surface area contributed by atoms with Crippen LogP contribution in [0.5, 0.6) is 34.5 Å². The molecule has 1 aromatic heterocycles. The van der Waals surface area contributed by atoms with Gasteiger partial charge in [0.05, 0.1) is 36.5 Å². The fourth-order valence-electron chi connectivity index (χ4n) is 5.96. The Morgan fingerprint density at radius 2 is 1.63 bits per heavy atom. The average molecular weight is 645 g/mol. The molecule has 3 aromatic carbocycles. The second-order valence-electron chi connectivity index (χ2n) is 10.9. The van der Waals surface area contributed by atoms with Gasteiger partial charge in [0.1, 0.15) is 43.5 Å². The highest BCUT2D eigenvalue weighted by Crippen LogP contribution is 2.48. The van der Waals surface area contributed by atoms with Crippen LogP contribution in [0.15, 0.2) is 53.9 Å². The summed E-state index contributed by atoms with van der Waals surface area (Å²) in [6, 6.07) is 15.4. The Morgan fingerprint density at radius 1 is 0.935 bits per heavy atom. The van der Waals surface area contributed by atoms with Gasteiger partial charge in [-0.2, -0.15) is 0 Å². The third-order valence-electron chi connectivity index (χ3n) is 8.06. The molecule has 1 fully saturated rings. The highest BCUT2D eigenvalue weighted by molar-refractivity contribution is 7.09. The molecule has 1 unspecified atom stereocenters. The van der Waals surface area contributed by atoms with E-state index in [2.05, 4.69) is 28.6 Å². The third-order valence-corrected chi connectivity index (χ3v) is 8.84. The van der Waals surface area contributed by atoms with E-state index < -0.39 is 0 Å². The van der Waals surface area contributed by atoms with Crippen molar-refractivity contribution in [2.45, 2.75) is 38.8 Å². The zero-order valence-electron chi connectivity index (χ0n) is 26.1. The SMILES string of the molecule is COc1ccc2c(c1C1CCCC(=O)N1Cc1cccc(-c3csc(C)n3)c1)OCCO2.COc1ccc2c(c1C=O)OCCO2. The maximum absolute atomic E-state index is 13.1. The van der Waals surface area contributed by atoms with Crippen molar-refractivity contribution in [3.63, 3.8) is 0 Å². The number of hydrogen-bond donors (Lipinski definition) is 0. The summed E-state index contributed by atoms with van der Waals surface area (Å²) in [5.41, 5.74) is 4.43. The molecule has 11 heteroatoms. The van der Waals surface area contributed by atoms with Gasteiger partial charge in [-0.3, -0.25) is 9.59 Å². The normalized spacial score (nSPS) is 16.6. The minimum atomic E-state index is -0.131. The number of rotatable bonds is 7. The van der Waals surface area contributed by atoms with Crippen molar-refractivity contribution in [3.8, 4) is 45.8 Å². The van der Waals surface area contributed by atoms with Crippen molar-refractivity contribution in [2.24, 2.45) is 0 Å². The topological polar surface area (TPSA) is 106 Å². The monoisotopic (exact) mass is 644 g/mol. The minimum Gasteiger partial charge on any atom is -0.496 e. The van der Waals surface area contributed by atoms with E-state index in [0.29, 0.717) is 80.0 Å². The predicted octanol–water partition coefficient (Wildman–Crippen LogP) is 6.43. The number of amides is 1. The van der Waals surface area contributed by atoms with Crippen molar-refractivity contribution in [1.29, 1.82) is 0 Å². The van der Waals surface area contributed by atoms with Crippen LogP contribution < -0.4 is 28.4 Å². The molecule has 0 bridgehead atoms. The highest BCUT2D eigenvalue weighted by atomic mass is 32.1. The van der Waals surface area contributed by atoms with Crippen molar-refractivity contribution in [2.75, 3.05) is 40.6 Å². The van der Waals surface area contributed by atoms with E-state index in [-0.39, 0.29) is 11.9 Å². The van der Waals surface area contributed by atoms with Crippen LogP contribution in [0.4, 0.5) is 0 Å². The molecule has 0 spiro atoms. The Morgan fingerprint density at radius 3 is 2.33 bits per heavy atom. The van der Waals surface area contributed by atoms with Crippen molar-refractivity contribution < 1.29 is 38.0 Å². The van der Waals surface area contributed by atoms with Gasteiger partial charge in [0, 0.05) is 23.9 Å². The number of methoxy groups -OCH3 is 2. The quantitative estimate of drug-likeness (QED) is 0.211. The Kier molecular flexibility index (Phi) is 9.58. The molecule has 3 aliphatic heterocycles. The van der Waals surface area contributed by atoms with Crippen LogP contribution >= 0.6 is 11.3 Å². The molecule has 46 heavy (non-hydrogen) atoms. The number of ether oxygens (including phenoxy) is 6. The van der Waals surface area contributed by atoms with E-state index in [0.717, 1.165) is 46.0 Å². The molecule has 7 rings (SSSR count). The first-order valence-corrected chi connectivity index (χ1v) is 16.1. The van der Waals surface area contributed by atoms with E-state index in [1.54, 1.807) is 30.6 Å². The van der Waals surface area contributed by atoms with E-state index in [1.807, 2.05) is 30.0 Å². The van der Waals surface area contributed by atoms with Gasteiger partial charge in [-0.25, -0.2) is 4.98 Å². The van der Waals surface area contributed by atoms with Gasteiger partial charge in [0.2, 0.25) is 5.91 Å². The molecular formula is C35H36N2O8S. The van der Waals surface area contributed by atoms with Crippen LogP contribution in [0.3, 0.4) is 0 Å². The maximum Gasteiger partial charge on any atom is 0.223 e. The minimum absolute atomic E-state index is 0.131. The van der Waals surface area contributed by atoms with Gasteiger partial charge in [-0.05, 0) is 55.7 Å². The first-order chi connectivity index (χ1) is 22.5. The number of nitrogens with zero attached hydrogens (tertiary/aromatic N) is 2. The first-order valence-electron chi connectivity index (χ1n) is 15.2. The van der Waals surface area contributed by atoms with Crippen molar-refractivity contribution >= 4 is 23.5 Å². The van der Waals surface area contributed by atoms with Crippen LogP contribution in [0.25, 0.3) is 11.3 Å². The van der Waals surface area contributed by atoms with Crippen LogP contribution in [0, 0.1) is 6.92 Å². The van der Waals surface area contributed by atoms with Crippen LogP contribution in [0.2, 0.25) is 0 Å².